The van der Waals surface area contributed by atoms with Gasteiger partial charge in [-0.15, -0.1) is 0 Å². The number of allylic oxidation sites excluding steroid dienone is 7. The van der Waals surface area contributed by atoms with Crippen LogP contribution in [0.5, 0.6) is 5.75 Å². The summed E-state index contributed by atoms with van der Waals surface area (Å²) < 4.78 is 5.55. The summed E-state index contributed by atoms with van der Waals surface area (Å²) >= 11 is 0. The molecule has 0 amide bonds. The topological polar surface area (TPSA) is 88.5 Å². The molecule has 41 heavy (non-hydrogen) atoms. The lowest BCUT2D eigenvalue weighted by Gasteiger charge is -2.18. The number of fused-ring (bicyclic) bond motifs is 1. The quantitative estimate of drug-likeness (QED) is 0.252. The lowest BCUT2D eigenvalue weighted by Crippen LogP contribution is -2.19. The average molecular weight is 546 g/mol. The first-order chi connectivity index (χ1) is 19.8. The Bertz CT molecular complexity index is 1570. The van der Waals surface area contributed by atoms with Crippen molar-refractivity contribution in [2.45, 2.75) is 58.4 Å². The first kappa shape index (κ1) is 28.4. The summed E-state index contributed by atoms with van der Waals surface area (Å²) in [6.07, 6.45) is 16.9. The average Bonchev–Trinajstić information content (AvgIpc) is 3.56. The predicted octanol–water partition coefficient (Wildman–Crippen LogP) is 7.53. The van der Waals surface area contributed by atoms with E-state index >= 15 is 0 Å². The Labute approximate surface area is 243 Å². The van der Waals surface area contributed by atoms with Crippen molar-refractivity contribution in [3.8, 4) is 5.75 Å². The zero-order valence-electron chi connectivity index (χ0n) is 24.3. The normalized spacial score (nSPS) is 21.9. The minimum Gasteiger partial charge on any atom is -0.496 e. The minimum atomic E-state index is 0.0165. The molecular formula is C36H39N3O2. The molecule has 5 rings (SSSR count). The largest absolute Gasteiger partial charge is 0.496 e. The zero-order valence-corrected chi connectivity index (χ0v) is 24.3. The SMILES string of the molecule is C=Cc1c(OC)ccc(C2=CN=C3C(Cc4ccc(C(=O)CC(=N)[C@H]5CC[C@H](N)C5)c(C)c4)=CC/C=C\C=C\23)c1C. The Morgan fingerprint density at radius 3 is 2.73 bits per heavy atom. The zero-order chi connectivity index (χ0) is 29.1. The van der Waals surface area contributed by atoms with Crippen LogP contribution >= 0.6 is 0 Å². The van der Waals surface area contributed by atoms with Crippen molar-refractivity contribution >= 4 is 28.9 Å². The van der Waals surface area contributed by atoms with Crippen LogP contribution in [0.15, 0.2) is 83.6 Å². The van der Waals surface area contributed by atoms with E-state index in [4.69, 9.17) is 20.9 Å². The highest BCUT2D eigenvalue weighted by Gasteiger charge is 2.27. The number of aliphatic imine (C=N–C) groups is 1. The number of benzene rings is 2. The Balaban J connectivity index is 1.34. The molecule has 0 spiro atoms. The van der Waals surface area contributed by atoms with Gasteiger partial charge in [0.15, 0.2) is 5.78 Å². The van der Waals surface area contributed by atoms with Gasteiger partial charge in [0.1, 0.15) is 5.75 Å². The van der Waals surface area contributed by atoms with Crippen LogP contribution < -0.4 is 10.5 Å². The molecule has 0 bridgehead atoms. The summed E-state index contributed by atoms with van der Waals surface area (Å²) in [5.41, 5.74) is 16.9. The Kier molecular flexibility index (Phi) is 8.46. The highest BCUT2D eigenvalue weighted by molar-refractivity contribution is 6.25. The van der Waals surface area contributed by atoms with Gasteiger partial charge in [0.25, 0.3) is 0 Å². The standard InChI is InChI=1S/C36H39N3O2/c1-5-28-23(3)30(15-16-35(28)41-4)32-21-39-36-26(9-7-6-8-10-31(32)36)18-24-11-14-29(22(2)17-24)34(40)20-33(38)25-12-13-27(37)19-25/h5-6,8-11,14-17,21,25,27,38H,1,7,12-13,18-20,37H2,2-4H3/b8-6-,26-9?,31-10-,38-33?/t25-,27-/m0/s1. The molecule has 1 fully saturated rings. The second-order valence-electron chi connectivity index (χ2n) is 11.3. The van der Waals surface area contributed by atoms with E-state index in [2.05, 4.69) is 49.9 Å². The number of nitrogens with two attached hydrogens (primary N) is 1. The molecule has 1 heterocycles. The molecule has 5 nitrogen and oxygen atoms in total. The fourth-order valence-corrected chi connectivity index (χ4v) is 6.28. The van der Waals surface area contributed by atoms with Gasteiger partial charge in [0.05, 0.1) is 12.8 Å². The van der Waals surface area contributed by atoms with Gasteiger partial charge in [-0.1, -0.05) is 61.2 Å². The highest BCUT2D eigenvalue weighted by Crippen LogP contribution is 2.38. The third-order valence-corrected chi connectivity index (χ3v) is 8.56. The van der Waals surface area contributed by atoms with Crippen LogP contribution in [-0.2, 0) is 6.42 Å². The van der Waals surface area contributed by atoms with Gasteiger partial charge in [-0.05, 0) is 85.8 Å². The summed E-state index contributed by atoms with van der Waals surface area (Å²) in [6.45, 7) is 8.08. The molecule has 2 aliphatic carbocycles. The Morgan fingerprint density at radius 1 is 1.20 bits per heavy atom. The lowest BCUT2D eigenvalue weighted by molar-refractivity contribution is 0.0998. The number of ketones is 1. The van der Waals surface area contributed by atoms with Gasteiger partial charge in [-0.3, -0.25) is 9.79 Å². The predicted molar refractivity (Wildman–Crippen MR) is 170 cm³/mol. The molecule has 0 saturated heterocycles. The third kappa shape index (κ3) is 5.86. The summed E-state index contributed by atoms with van der Waals surface area (Å²) in [5, 5.41) is 8.46. The molecule has 0 unspecified atom stereocenters. The molecule has 2 atom stereocenters. The summed E-state index contributed by atoms with van der Waals surface area (Å²) in [5.74, 6) is 0.972. The van der Waals surface area contributed by atoms with E-state index in [9.17, 15) is 4.79 Å². The van der Waals surface area contributed by atoms with Crippen LogP contribution in [0.2, 0.25) is 0 Å². The van der Waals surface area contributed by atoms with Crippen molar-refractivity contribution in [1.29, 1.82) is 5.41 Å². The van der Waals surface area contributed by atoms with Crippen LogP contribution in [0.1, 0.15) is 70.3 Å². The van der Waals surface area contributed by atoms with Gasteiger partial charge >= 0.3 is 0 Å². The monoisotopic (exact) mass is 545 g/mol. The number of methoxy groups -OCH3 is 1. The van der Waals surface area contributed by atoms with Crippen molar-refractivity contribution < 1.29 is 9.53 Å². The van der Waals surface area contributed by atoms with Crippen molar-refractivity contribution in [2.24, 2.45) is 16.6 Å². The van der Waals surface area contributed by atoms with Gasteiger partial charge < -0.3 is 15.9 Å². The van der Waals surface area contributed by atoms with Crippen molar-refractivity contribution in [1.82, 2.24) is 0 Å². The van der Waals surface area contributed by atoms with E-state index in [1.54, 1.807) is 7.11 Å². The molecular weight excluding hydrogens is 506 g/mol. The first-order valence-electron chi connectivity index (χ1n) is 14.4. The molecule has 2 aromatic rings. The van der Waals surface area contributed by atoms with E-state index in [0.29, 0.717) is 11.3 Å². The molecule has 5 heteroatoms. The molecule has 3 aliphatic rings. The second kappa shape index (κ2) is 12.2. The maximum atomic E-state index is 13.1. The van der Waals surface area contributed by atoms with E-state index in [1.807, 2.05) is 37.4 Å². The molecule has 0 radical (unpaired) electrons. The number of hydrogen-bond acceptors (Lipinski definition) is 5. The summed E-state index contributed by atoms with van der Waals surface area (Å²) in [6, 6.07) is 10.3. The maximum absolute atomic E-state index is 13.1. The van der Waals surface area contributed by atoms with E-state index in [0.717, 1.165) is 82.5 Å². The minimum absolute atomic E-state index is 0.0165. The second-order valence-corrected chi connectivity index (χ2v) is 11.3. The number of carbonyl (C=O) groups is 1. The summed E-state index contributed by atoms with van der Waals surface area (Å²) in [4.78, 5) is 18.0. The third-order valence-electron chi connectivity index (χ3n) is 8.56. The molecule has 3 N–H and O–H groups in total. The van der Waals surface area contributed by atoms with Gasteiger partial charge in [0, 0.05) is 46.6 Å². The van der Waals surface area contributed by atoms with Crippen LogP contribution in [0.25, 0.3) is 11.6 Å². The Morgan fingerprint density at radius 2 is 2.02 bits per heavy atom. The molecule has 2 aromatic carbocycles. The number of nitrogens with one attached hydrogen (secondary N) is 1. The Hall–Kier alpha value is -4.09. The number of carbonyl (C=O) groups excluding carboxylic acids is 1. The fraction of sp³-hybridized carbons (Fsp3) is 0.306. The van der Waals surface area contributed by atoms with Crippen molar-refractivity contribution in [3.05, 3.63) is 112 Å². The lowest BCUT2D eigenvalue weighted by atomic mass is 9.86. The van der Waals surface area contributed by atoms with Crippen LogP contribution in [-0.4, -0.2) is 30.4 Å². The van der Waals surface area contributed by atoms with Gasteiger partial charge in [-0.25, -0.2) is 0 Å². The van der Waals surface area contributed by atoms with Crippen molar-refractivity contribution in [3.63, 3.8) is 0 Å². The van der Waals surface area contributed by atoms with E-state index < -0.39 is 0 Å². The number of aryl methyl sites for hydroxylation is 1. The number of rotatable bonds is 9. The maximum Gasteiger partial charge on any atom is 0.168 e. The van der Waals surface area contributed by atoms with Crippen LogP contribution in [0.3, 0.4) is 0 Å². The summed E-state index contributed by atoms with van der Waals surface area (Å²) in [7, 11) is 1.68. The fourth-order valence-electron chi connectivity index (χ4n) is 6.28. The number of Topliss-reactive ketones (excluding diaryl/α,β-unsaturated/α-hetero) is 1. The molecule has 210 valence electrons. The molecule has 1 aliphatic heterocycles. The van der Waals surface area contributed by atoms with Gasteiger partial charge in [-0.2, -0.15) is 0 Å². The van der Waals surface area contributed by atoms with Gasteiger partial charge in [0.2, 0.25) is 0 Å². The highest BCUT2D eigenvalue weighted by atomic mass is 16.5. The number of hydrogen-bond donors (Lipinski definition) is 2. The van der Waals surface area contributed by atoms with Crippen molar-refractivity contribution in [2.75, 3.05) is 7.11 Å². The number of nitrogens with zero attached hydrogens (tertiary/aromatic N) is 1. The number of ether oxygens (including phenoxy) is 1. The first-order valence-corrected chi connectivity index (χ1v) is 14.4. The van der Waals surface area contributed by atoms with E-state index in [-0.39, 0.29) is 24.2 Å². The van der Waals surface area contributed by atoms with E-state index in [1.165, 1.54) is 5.57 Å². The molecule has 1 saturated carbocycles. The smallest absolute Gasteiger partial charge is 0.168 e. The van der Waals surface area contributed by atoms with Crippen LogP contribution in [0.4, 0.5) is 0 Å². The van der Waals surface area contributed by atoms with Crippen LogP contribution in [0, 0.1) is 25.2 Å². The molecule has 0 aromatic heterocycles.